The standard InChI is InChI=1S/C30H34FN5O3/c1-19-14-15-36(39)20(2)27(19)21-6-10-24(11-7-21)32-30(38)28(22-4-8-23(31)9-5-22)33-29(37)26-13-12-25-18-34(3)16-17-35(25)26/h6-8,10-15,22,28H,4-5,9,16-18H2,1-3H3,(H,32,38)(H,33,37). The van der Waals surface area contributed by atoms with Gasteiger partial charge in [0.15, 0.2) is 11.9 Å². The second-order valence-electron chi connectivity index (χ2n) is 10.6. The van der Waals surface area contributed by atoms with Crippen LogP contribution in [0.4, 0.5) is 10.1 Å². The van der Waals surface area contributed by atoms with E-state index in [9.17, 15) is 19.2 Å². The molecule has 9 heteroatoms. The van der Waals surface area contributed by atoms with Gasteiger partial charge in [0.1, 0.15) is 11.7 Å². The molecule has 1 aliphatic carbocycles. The minimum Gasteiger partial charge on any atom is -0.618 e. The van der Waals surface area contributed by atoms with E-state index in [1.54, 1.807) is 31.2 Å². The Balaban J connectivity index is 1.35. The number of aromatic nitrogens is 2. The lowest BCUT2D eigenvalue weighted by Crippen LogP contribution is -2.49. The third-order valence-corrected chi connectivity index (χ3v) is 7.87. The molecule has 2 aliphatic rings. The monoisotopic (exact) mass is 531 g/mol. The second kappa shape index (κ2) is 11.0. The Labute approximate surface area is 227 Å². The molecule has 5 rings (SSSR count). The van der Waals surface area contributed by atoms with Crippen molar-refractivity contribution in [3.8, 4) is 11.1 Å². The molecule has 0 saturated carbocycles. The summed E-state index contributed by atoms with van der Waals surface area (Å²) in [6.07, 6.45) is 4.10. The molecule has 1 aliphatic heterocycles. The van der Waals surface area contributed by atoms with Crippen molar-refractivity contribution in [2.75, 3.05) is 18.9 Å². The smallest absolute Gasteiger partial charge is 0.268 e. The molecule has 0 spiro atoms. The molecule has 3 heterocycles. The Morgan fingerprint density at radius 2 is 1.87 bits per heavy atom. The number of likely N-dealkylation sites (N-methyl/N-ethyl adjacent to an activating group) is 1. The van der Waals surface area contributed by atoms with Crippen LogP contribution >= 0.6 is 0 Å². The normalized spacial score (nSPS) is 18.2. The summed E-state index contributed by atoms with van der Waals surface area (Å²) in [7, 11) is 2.04. The van der Waals surface area contributed by atoms with Crippen molar-refractivity contribution < 1.29 is 18.7 Å². The number of anilines is 1. The molecule has 2 N–H and O–H groups in total. The third kappa shape index (κ3) is 5.59. The van der Waals surface area contributed by atoms with Gasteiger partial charge in [0.25, 0.3) is 5.91 Å². The second-order valence-corrected chi connectivity index (χ2v) is 10.6. The molecule has 2 aromatic heterocycles. The van der Waals surface area contributed by atoms with Crippen molar-refractivity contribution in [1.29, 1.82) is 0 Å². The molecule has 1 aromatic carbocycles. The number of aryl methyl sites for hydroxylation is 1. The quantitative estimate of drug-likeness (QED) is 0.368. The zero-order valence-electron chi connectivity index (χ0n) is 22.5. The molecule has 3 aromatic rings. The maximum atomic E-state index is 13.8. The fourth-order valence-corrected chi connectivity index (χ4v) is 5.62. The number of rotatable bonds is 6. The van der Waals surface area contributed by atoms with Crippen molar-refractivity contribution in [2.45, 2.75) is 52.2 Å². The van der Waals surface area contributed by atoms with Gasteiger partial charge in [-0.25, -0.2) is 4.39 Å². The number of allylic oxidation sites excluding steroid dienone is 2. The van der Waals surface area contributed by atoms with Gasteiger partial charge < -0.3 is 20.4 Å². The highest BCUT2D eigenvalue weighted by Gasteiger charge is 2.32. The summed E-state index contributed by atoms with van der Waals surface area (Å²) in [4.78, 5) is 29.1. The fourth-order valence-electron chi connectivity index (χ4n) is 5.62. The molecule has 2 amide bonds. The van der Waals surface area contributed by atoms with Crippen LogP contribution in [0.1, 0.15) is 46.7 Å². The number of hydrogen-bond donors (Lipinski definition) is 2. The third-order valence-electron chi connectivity index (χ3n) is 7.87. The number of pyridine rings is 1. The Hall–Kier alpha value is -3.98. The van der Waals surface area contributed by atoms with E-state index < -0.39 is 6.04 Å². The molecule has 0 saturated heterocycles. The number of carbonyl (C=O) groups excluding carboxylic acids is 2. The van der Waals surface area contributed by atoms with Crippen LogP contribution in [0.2, 0.25) is 0 Å². The number of benzene rings is 1. The van der Waals surface area contributed by atoms with Crippen LogP contribution < -0.4 is 15.4 Å². The van der Waals surface area contributed by atoms with Crippen LogP contribution in [-0.4, -0.2) is 40.9 Å². The Morgan fingerprint density at radius 3 is 2.59 bits per heavy atom. The summed E-state index contributed by atoms with van der Waals surface area (Å²) in [6, 6.07) is 12.0. The molecule has 8 nitrogen and oxygen atoms in total. The highest BCUT2D eigenvalue weighted by atomic mass is 19.1. The molecular weight excluding hydrogens is 497 g/mol. The number of fused-ring (bicyclic) bond motifs is 1. The Kier molecular flexibility index (Phi) is 7.52. The van der Waals surface area contributed by atoms with Crippen LogP contribution in [0.3, 0.4) is 0 Å². The Morgan fingerprint density at radius 1 is 1.10 bits per heavy atom. The lowest BCUT2D eigenvalue weighted by molar-refractivity contribution is -0.611. The summed E-state index contributed by atoms with van der Waals surface area (Å²) in [6.45, 7) is 6.03. The summed E-state index contributed by atoms with van der Waals surface area (Å²) < 4.78 is 16.6. The number of hydrogen-bond acceptors (Lipinski definition) is 4. The van der Waals surface area contributed by atoms with Gasteiger partial charge in [0, 0.05) is 44.0 Å². The minimum absolute atomic E-state index is 0.178. The molecule has 2 atom stereocenters. The van der Waals surface area contributed by atoms with E-state index in [0.29, 0.717) is 36.5 Å². The summed E-state index contributed by atoms with van der Waals surface area (Å²) in [5.41, 5.74) is 5.47. The van der Waals surface area contributed by atoms with E-state index in [1.807, 2.05) is 36.7 Å². The SMILES string of the molecule is Cc1cc[n+]([O-])c(C)c1-c1ccc(NC(=O)C(NC(=O)c2ccc3n2CCN(C)C3)C2CC=C(F)CC2)cc1. The topological polar surface area (TPSA) is 93.3 Å². The zero-order chi connectivity index (χ0) is 27.7. The average Bonchev–Trinajstić information content (AvgIpc) is 3.34. The largest absolute Gasteiger partial charge is 0.618 e. The Bertz CT molecular complexity index is 1430. The van der Waals surface area contributed by atoms with Gasteiger partial charge in [-0.3, -0.25) is 14.5 Å². The maximum Gasteiger partial charge on any atom is 0.268 e. The van der Waals surface area contributed by atoms with Gasteiger partial charge in [-0.05, 0) is 74.5 Å². The van der Waals surface area contributed by atoms with Gasteiger partial charge in [0.05, 0.1) is 11.4 Å². The van der Waals surface area contributed by atoms with Crippen molar-refractivity contribution in [3.63, 3.8) is 0 Å². The van der Waals surface area contributed by atoms with Crippen molar-refractivity contribution in [2.24, 2.45) is 5.92 Å². The number of halogens is 1. The fraction of sp³-hybridized carbons (Fsp3) is 0.367. The van der Waals surface area contributed by atoms with Crippen LogP contribution in [0.5, 0.6) is 0 Å². The molecule has 0 bridgehead atoms. The van der Waals surface area contributed by atoms with Gasteiger partial charge in [-0.15, -0.1) is 0 Å². The van der Waals surface area contributed by atoms with Crippen molar-refractivity contribution in [3.05, 3.63) is 88.4 Å². The van der Waals surface area contributed by atoms with Gasteiger partial charge >= 0.3 is 0 Å². The number of nitrogens with zero attached hydrogens (tertiary/aromatic N) is 3. The first-order chi connectivity index (χ1) is 18.7. The van der Waals surface area contributed by atoms with E-state index in [2.05, 4.69) is 15.5 Å². The van der Waals surface area contributed by atoms with E-state index in [-0.39, 0.29) is 30.0 Å². The van der Waals surface area contributed by atoms with E-state index in [0.717, 1.165) is 40.2 Å². The summed E-state index contributed by atoms with van der Waals surface area (Å²) in [5, 5.41) is 18.0. The highest BCUT2D eigenvalue weighted by Crippen LogP contribution is 2.29. The number of carbonyl (C=O) groups is 2. The van der Waals surface area contributed by atoms with Crippen LogP contribution in [0, 0.1) is 25.0 Å². The minimum atomic E-state index is -0.822. The van der Waals surface area contributed by atoms with Crippen LogP contribution in [0.25, 0.3) is 11.1 Å². The van der Waals surface area contributed by atoms with E-state index >= 15 is 0 Å². The predicted octanol–water partition coefficient (Wildman–Crippen LogP) is 4.24. The molecule has 2 unspecified atom stereocenters. The molecule has 0 radical (unpaired) electrons. The summed E-state index contributed by atoms with van der Waals surface area (Å²) in [5.74, 6) is -1.05. The molecule has 0 fully saturated rings. The molecule has 204 valence electrons. The zero-order valence-corrected chi connectivity index (χ0v) is 22.5. The van der Waals surface area contributed by atoms with E-state index in [1.165, 1.54) is 12.3 Å². The predicted molar refractivity (Wildman–Crippen MR) is 147 cm³/mol. The first kappa shape index (κ1) is 26.6. The first-order valence-corrected chi connectivity index (χ1v) is 13.3. The molecule has 39 heavy (non-hydrogen) atoms. The van der Waals surface area contributed by atoms with E-state index in [4.69, 9.17) is 0 Å². The first-order valence-electron chi connectivity index (χ1n) is 13.3. The lowest BCUT2D eigenvalue weighted by Gasteiger charge is -2.29. The highest BCUT2D eigenvalue weighted by molar-refractivity contribution is 6.01. The van der Waals surface area contributed by atoms with Crippen LogP contribution in [0.15, 0.2) is 60.6 Å². The van der Waals surface area contributed by atoms with Gasteiger partial charge in [-0.1, -0.05) is 18.2 Å². The average molecular weight is 532 g/mol. The summed E-state index contributed by atoms with van der Waals surface area (Å²) >= 11 is 0. The number of nitrogens with one attached hydrogen (secondary N) is 2. The maximum absolute atomic E-state index is 13.8. The van der Waals surface area contributed by atoms with Crippen molar-refractivity contribution in [1.82, 2.24) is 14.8 Å². The van der Waals surface area contributed by atoms with Gasteiger partial charge in [-0.2, -0.15) is 4.73 Å². The lowest BCUT2D eigenvalue weighted by atomic mass is 9.86. The van der Waals surface area contributed by atoms with Crippen molar-refractivity contribution >= 4 is 17.5 Å². The molecular formula is C30H34FN5O3. The van der Waals surface area contributed by atoms with Crippen LogP contribution in [-0.2, 0) is 17.9 Å². The van der Waals surface area contributed by atoms with Gasteiger partial charge in [0.2, 0.25) is 5.91 Å². The number of amides is 2.